The van der Waals surface area contributed by atoms with Crippen molar-refractivity contribution in [3.63, 3.8) is 0 Å². The molecule has 2 N–H and O–H groups in total. The SMILES string of the molecule is CCNc1nc(N2CCCC(C)(O)C2)c2ccsc2n1. The zero-order valence-corrected chi connectivity index (χ0v) is 12.7. The Morgan fingerprint density at radius 3 is 3.10 bits per heavy atom. The van der Waals surface area contributed by atoms with E-state index < -0.39 is 5.60 Å². The Balaban J connectivity index is 2.02. The van der Waals surface area contributed by atoms with Crippen molar-refractivity contribution in [2.75, 3.05) is 29.9 Å². The minimum Gasteiger partial charge on any atom is -0.388 e. The molecule has 1 aliphatic rings. The summed E-state index contributed by atoms with van der Waals surface area (Å²) in [6, 6.07) is 2.06. The second-order valence-corrected chi connectivity index (χ2v) is 6.46. The number of thiophene rings is 1. The molecule has 3 rings (SSSR count). The number of aromatic nitrogens is 2. The zero-order chi connectivity index (χ0) is 14.2. The quantitative estimate of drug-likeness (QED) is 0.910. The van der Waals surface area contributed by atoms with Gasteiger partial charge >= 0.3 is 0 Å². The lowest BCUT2D eigenvalue weighted by molar-refractivity contribution is 0.0448. The van der Waals surface area contributed by atoms with Gasteiger partial charge < -0.3 is 15.3 Å². The molecule has 1 aliphatic heterocycles. The molecule has 0 spiro atoms. The molecule has 5 nitrogen and oxygen atoms in total. The van der Waals surface area contributed by atoms with Crippen LogP contribution in [0.2, 0.25) is 0 Å². The van der Waals surface area contributed by atoms with E-state index in [1.165, 1.54) is 0 Å². The van der Waals surface area contributed by atoms with Crippen molar-refractivity contribution in [1.82, 2.24) is 9.97 Å². The highest BCUT2D eigenvalue weighted by Crippen LogP contribution is 2.32. The van der Waals surface area contributed by atoms with Crippen LogP contribution in [0.5, 0.6) is 0 Å². The Labute approximate surface area is 122 Å². The number of aliphatic hydroxyl groups is 1. The molecule has 0 amide bonds. The Hall–Kier alpha value is -1.40. The maximum Gasteiger partial charge on any atom is 0.226 e. The average molecular weight is 292 g/mol. The lowest BCUT2D eigenvalue weighted by Gasteiger charge is -2.37. The first kappa shape index (κ1) is 13.6. The van der Waals surface area contributed by atoms with Crippen LogP contribution in [0.25, 0.3) is 10.2 Å². The number of nitrogens with zero attached hydrogens (tertiary/aromatic N) is 3. The molecule has 0 bridgehead atoms. The molecule has 1 atom stereocenters. The standard InChI is InChI=1S/C14H20N4OS/c1-3-15-13-16-11(10-5-8-20-12(10)17-13)18-7-4-6-14(2,19)9-18/h5,8,19H,3-4,6-7,9H2,1-2H3,(H,15,16,17). The van der Waals surface area contributed by atoms with Gasteiger partial charge in [-0.3, -0.25) is 0 Å². The smallest absolute Gasteiger partial charge is 0.226 e. The summed E-state index contributed by atoms with van der Waals surface area (Å²) in [5.74, 6) is 1.61. The summed E-state index contributed by atoms with van der Waals surface area (Å²) in [6.07, 6.45) is 1.83. The summed E-state index contributed by atoms with van der Waals surface area (Å²) >= 11 is 1.63. The fourth-order valence-corrected chi connectivity index (χ4v) is 3.48. The number of hydrogen-bond donors (Lipinski definition) is 2. The molecule has 3 heterocycles. The van der Waals surface area contributed by atoms with Crippen LogP contribution in [0.1, 0.15) is 26.7 Å². The molecule has 108 valence electrons. The minimum atomic E-state index is -0.635. The molecule has 0 radical (unpaired) electrons. The molecule has 0 saturated carbocycles. The van der Waals surface area contributed by atoms with E-state index in [0.29, 0.717) is 12.5 Å². The van der Waals surface area contributed by atoms with Gasteiger partial charge in [-0.05, 0) is 38.1 Å². The Kier molecular flexibility index (Phi) is 3.52. The highest BCUT2D eigenvalue weighted by molar-refractivity contribution is 7.16. The van der Waals surface area contributed by atoms with Gasteiger partial charge in [-0.1, -0.05) is 0 Å². The van der Waals surface area contributed by atoms with Crippen LogP contribution in [0.3, 0.4) is 0 Å². The van der Waals surface area contributed by atoms with Crippen molar-refractivity contribution in [2.45, 2.75) is 32.3 Å². The first-order chi connectivity index (χ1) is 9.59. The Morgan fingerprint density at radius 1 is 1.50 bits per heavy atom. The van der Waals surface area contributed by atoms with E-state index in [4.69, 9.17) is 0 Å². The summed E-state index contributed by atoms with van der Waals surface area (Å²) in [5, 5.41) is 16.6. The summed E-state index contributed by atoms with van der Waals surface area (Å²) in [5.41, 5.74) is -0.635. The van der Waals surface area contributed by atoms with Crippen molar-refractivity contribution in [1.29, 1.82) is 0 Å². The molecule has 6 heteroatoms. The van der Waals surface area contributed by atoms with E-state index in [-0.39, 0.29) is 0 Å². The third kappa shape index (κ3) is 2.58. The third-order valence-electron chi connectivity index (χ3n) is 3.61. The van der Waals surface area contributed by atoms with Crippen molar-refractivity contribution < 1.29 is 5.11 Å². The number of β-amino-alcohol motifs (C(OH)–C–C–N with tert-alkyl or cyclic N) is 1. The summed E-state index contributed by atoms with van der Waals surface area (Å²) in [4.78, 5) is 12.4. The van der Waals surface area contributed by atoms with Crippen molar-refractivity contribution in [3.8, 4) is 0 Å². The molecular formula is C14H20N4OS. The van der Waals surface area contributed by atoms with Gasteiger partial charge in [0.2, 0.25) is 5.95 Å². The van der Waals surface area contributed by atoms with Crippen LogP contribution >= 0.6 is 11.3 Å². The first-order valence-electron chi connectivity index (χ1n) is 7.05. The average Bonchev–Trinajstić information content (AvgIpc) is 2.85. The molecule has 0 aromatic carbocycles. The van der Waals surface area contributed by atoms with Crippen LogP contribution in [0.15, 0.2) is 11.4 Å². The van der Waals surface area contributed by atoms with Crippen LogP contribution in [0.4, 0.5) is 11.8 Å². The molecule has 0 aliphatic carbocycles. The monoisotopic (exact) mass is 292 g/mol. The van der Waals surface area contributed by atoms with Gasteiger partial charge in [0.25, 0.3) is 0 Å². The molecule has 1 saturated heterocycles. The van der Waals surface area contributed by atoms with Gasteiger partial charge in [-0.2, -0.15) is 4.98 Å². The number of piperidine rings is 1. The van der Waals surface area contributed by atoms with Crippen LogP contribution in [-0.2, 0) is 0 Å². The second kappa shape index (κ2) is 5.18. The Bertz CT molecular complexity index is 610. The number of rotatable bonds is 3. The first-order valence-corrected chi connectivity index (χ1v) is 7.93. The number of hydrogen-bond acceptors (Lipinski definition) is 6. The third-order valence-corrected chi connectivity index (χ3v) is 4.42. The zero-order valence-electron chi connectivity index (χ0n) is 11.9. The lowest BCUT2D eigenvalue weighted by Crippen LogP contribution is -2.46. The maximum atomic E-state index is 10.3. The largest absolute Gasteiger partial charge is 0.388 e. The summed E-state index contributed by atoms with van der Waals surface area (Å²) in [7, 11) is 0. The molecule has 1 fully saturated rings. The van der Waals surface area contributed by atoms with Crippen molar-refractivity contribution in [3.05, 3.63) is 11.4 Å². The molecule has 2 aromatic heterocycles. The van der Waals surface area contributed by atoms with E-state index in [1.807, 2.05) is 19.2 Å². The van der Waals surface area contributed by atoms with Gasteiger partial charge in [-0.25, -0.2) is 4.98 Å². The number of anilines is 2. The highest BCUT2D eigenvalue weighted by atomic mass is 32.1. The minimum absolute atomic E-state index is 0.626. The number of nitrogens with one attached hydrogen (secondary N) is 1. The van der Waals surface area contributed by atoms with Crippen LogP contribution in [-0.4, -0.2) is 40.3 Å². The normalized spacial score (nSPS) is 23.2. The predicted octanol–water partition coefficient (Wildman–Crippen LogP) is 2.47. The van der Waals surface area contributed by atoms with E-state index in [0.717, 1.165) is 42.0 Å². The fourth-order valence-electron chi connectivity index (χ4n) is 2.72. The van der Waals surface area contributed by atoms with Gasteiger partial charge in [0.05, 0.1) is 11.0 Å². The lowest BCUT2D eigenvalue weighted by atomic mass is 9.95. The predicted molar refractivity (Wildman–Crippen MR) is 83.6 cm³/mol. The van der Waals surface area contributed by atoms with Gasteiger partial charge in [0.15, 0.2) is 0 Å². The van der Waals surface area contributed by atoms with E-state index in [1.54, 1.807) is 11.3 Å². The topological polar surface area (TPSA) is 61.3 Å². The van der Waals surface area contributed by atoms with E-state index in [9.17, 15) is 5.11 Å². The highest BCUT2D eigenvalue weighted by Gasteiger charge is 2.30. The molecule has 2 aromatic rings. The van der Waals surface area contributed by atoms with Crippen LogP contribution < -0.4 is 10.2 Å². The van der Waals surface area contributed by atoms with Gasteiger partial charge in [0.1, 0.15) is 10.6 Å². The van der Waals surface area contributed by atoms with Crippen LogP contribution in [0, 0.1) is 0 Å². The molecule has 20 heavy (non-hydrogen) atoms. The summed E-state index contributed by atoms with van der Waals surface area (Å²) in [6.45, 7) is 6.29. The van der Waals surface area contributed by atoms with Gasteiger partial charge in [-0.15, -0.1) is 11.3 Å². The van der Waals surface area contributed by atoms with Crippen molar-refractivity contribution >= 4 is 33.3 Å². The fraction of sp³-hybridized carbons (Fsp3) is 0.571. The Morgan fingerprint density at radius 2 is 2.35 bits per heavy atom. The van der Waals surface area contributed by atoms with Gasteiger partial charge in [0, 0.05) is 19.6 Å². The van der Waals surface area contributed by atoms with E-state index in [2.05, 4.69) is 26.3 Å². The van der Waals surface area contributed by atoms with Crippen molar-refractivity contribution in [2.24, 2.45) is 0 Å². The molecular weight excluding hydrogens is 272 g/mol. The second-order valence-electron chi connectivity index (χ2n) is 5.56. The summed E-state index contributed by atoms with van der Waals surface area (Å²) < 4.78 is 0. The van der Waals surface area contributed by atoms with E-state index >= 15 is 0 Å². The number of fused-ring (bicyclic) bond motifs is 1. The molecule has 1 unspecified atom stereocenters. The maximum absolute atomic E-state index is 10.3.